The lowest BCUT2D eigenvalue weighted by atomic mass is 9.99. The van der Waals surface area contributed by atoms with Crippen molar-refractivity contribution in [1.82, 2.24) is 5.32 Å². The van der Waals surface area contributed by atoms with E-state index < -0.39 is 49.5 Å². The number of rotatable bonds is 49. The van der Waals surface area contributed by atoms with Crippen LogP contribution in [0.15, 0.2) is 48.6 Å². The largest absolute Gasteiger partial charge is 0.394 e. The summed E-state index contributed by atoms with van der Waals surface area (Å²) in [5.41, 5.74) is 0. The number of amides is 1. The van der Waals surface area contributed by atoms with Crippen molar-refractivity contribution in [2.45, 2.75) is 307 Å². The molecule has 0 aliphatic carbocycles. The quantitative estimate of drug-likeness (QED) is 0.0261. The Morgan fingerprint density at radius 3 is 1.34 bits per heavy atom. The van der Waals surface area contributed by atoms with Gasteiger partial charge in [0.1, 0.15) is 24.4 Å². The van der Waals surface area contributed by atoms with E-state index in [0.717, 1.165) is 64.2 Å². The van der Waals surface area contributed by atoms with Crippen LogP contribution in [0, 0.1) is 0 Å². The molecule has 7 unspecified atom stereocenters. The molecule has 1 aliphatic heterocycles. The molecule has 0 aromatic carbocycles. The second kappa shape index (κ2) is 48.8. The Balaban J connectivity index is 2.23. The minimum absolute atomic E-state index is 0.199. The Labute approximate surface area is 418 Å². The van der Waals surface area contributed by atoms with Gasteiger partial charge in [0.05, 0.1) is 25.4 Å². The molecule has 6 N–H and O–H groups in total. The van der Waals surface area contributed by atoms with E-state index in [1.807, 2.05) is 6.08 Å². The van der Waals surface area contributed by atoms with Crippen molar-refractivity contribution in [3.8, 4) is 0 Å². The molecule has 68 heavy (non-hydrogen) atoms. The lowest BCUT2D eigenvalue weighted by Gasteiger charge is -2.40. The normalized spacial score (nSPS) is 19.9. The summed E-state index contributed by atoms with van der Waals surface area (Å²) >= 11 is 0. The smallest absolute Gasteiger partial charge is 0.220 e. The highest BCUT2D eigenvalue weighted by molar-refractivity contribution is 5.76. The maximum absolute atomic E-state index is 13.0. The van der Waals surface area contributed by atoms with E-state index >= 15 is 0 Å². The Morgan fingerprint density at radius 2 is 0.882 bits per heavy atom. The lowest BCUT2D eigenvalue weighted by Crippen LogP contribution is -2.60. The third-order valence-electron chi connectivity index (χ3n) is 13.6. The molecule has 1 fully saturated rings. The maximum Gasteiger partial charge on any atom is 0.220 e. The van der Waals surface area contributed by atoms with E-state index in [1.54, 1.807) is 6.08 Å². The summed E-state index contributed by atoms with van der Waals surface area (Å²) < 4.78 is 11.2. The van der Waals surface area contributed by atoms with Gasteiger partial charge in [-0.05, 0) is 64.2 Å². The van der Waals surface area contributed by atoms with Gasteiger partial charge in [-0.2, -0.15) is 0 Å². The summed E-state index contributed by atoms with van der Waals surface area (Å²) in [5, 5.41) is 54.4. The third-order valence-corrected chi connectivity index (χ3v) is 13.6. The summed E-state index contributed by atoms with van der Waals surface area (Å²) in [6.45, 7) is 3.75. The molecule has 1 amide bonds. The van der Waals surface area contributed by atoms with Crippen molar-refractivity contribution in [3.05, 3.63) is 48.6 Å². The number of aliphatic hydroxyl groups is 5. The predicted molar refractivity (Wildman–Crippen MR) is 286 cm³/mol. The predicted octanol–water partition coefficient (Wildman–Crippen LogP) is 14.1. The Kier molecular flexibility index (Phi) is 46.0. The van der Waals surface area contributed by atoms with Crippen LogP contribution in [-0.4, -0.2) is 87.5 Å². The molecule has 398 valence electrons. The summed E-state index contributed by atoms with van der Waals surface area (Å²) in [5.74, 6) is -0.199. The van der Waals surface area contributed by atoms with E-state index in [0.29, 0.717) is 6.42 Å². The molecular formula is C59H109NO8. The summed E-state index contributed by atoms with van der Waals surface area (Å²) in [4.78, 5) is 13.0. The van der Waals surface area contributed by atoms with E-state index in [-0.39, 0.29) is 12.5 Å². The first-order valence-electron chi connectivity index (χ1n) is 28.9. The van der Waals surface area contributed by atoms with E-state index in [9.17, 15) is 30.3 Å². The van der Waals surface area contributed by atoms with Gasteiger partial charge in [0.25, 0.3) is 0 Å². The van der Waals surface area contributed by atoms with Gasteiger partial charge in [-0.3, -0.25) is 4.79 Å². The zero-order valence-electron chi connectivity index (χ0n) is 44.1. The second-order valence-electron chi connectivity index (χ2n) is 20.1. The maximum atomic E-state index is 13.0. The lowest BCUT2D eigenvalue weighted by molar-refractivity contribution is -0.302. The minimum Gasteiger partial charge on any atom is -0.394 e. The van der Waals surface area contributed by atoms with Gasteiger partial charge in [-0.15, -0.1) is 0 Å². The van der Waals surface area contributed by atoms with Crippen LogP contribution in [0.25, 0.3) is 0 Å². The van der Waals surface area contributed by atoms with Crippen LogP contribution in [0.4, 0.5) is 0 Å². The number of hydrogen-bond acceptors (Lipinski definition) is 8. The standard InChI is InChI=1S/C59H109NO8/c1-3-5-7-9-11-13-15-17-19-21-22-23-24-25-26-27-28-29-30-31-32-33-34-36-38-40-42-44-46-48-53(62)52(51-67-59-58(66)57(65)56(64)54(50-61)68-59)60-55(63)49-47-45-43-41-39-37-35-20-18-16-14-12-10-8-6-4-2/h14,16,20,35,38,40,46,48,52-54,56-59,61-62,64-66H,3-13,15,17-19,21-34,36-37,39,41-45,47,49-51H2,1-2H3,(H,60,63)/b16-14-,35-20-,40-38+,48-46+. The number of carbonyl (C=O) groups is 1. The number of unbranched alkanes of at least 4 members (excludes halogenated alkanes) is 33. The Bertz CT molecular complexity index is 1210. The molecule has 0 bridgehead atoms. The highest BCUT2D eigenvalue weighted by Gasteiger charge is 2.44. The average molecular weight is 961 g/mol. The molecule has 1 rings (SSSR count). The molecule has 1 saturated heterocycles. The Hall–Kier alpha value is -1.85. The SMILES string of the molecule is CCCCCC/C=C\C/C=C\CCCCCCCC(=O)NC(COC1OC(CO)C(O)C(O)C1O)C(O)/C=C/CC/C=C/CCCCCCCCCCCCCCCCCCCCCCCCC. The zero-order valence-corrected chi connectivity index (χ0v) is 44.1. The third kappa shape index (κ3) is 37.9. The number of ether oxygens (including phenoxy) is 2. The van der Waals surface area contributed by atoms with E-state index in [1.165, 1.54) is 180 Å². The first-order valence-corrected chi connectivity index (χ1v) is 28.9. The van der Waals surface area contributed by atoms with Crippen LogP contribution in [-0.2, 0) is 14.3 Å². The molecule has 0 aromatic rings. The zero-order chi connectivity index (χ0) is 49.4. The summed E-state index contributed by atoms with van der Waals surface area (Å²) in [6, 6.07) is -0.830. The van der Waals surface area contributed by atoms with Crippen LogP contribution in [0.5, 0.6) is 0 Å². The molecular weight excluding hydrogens is 851 g/mol. The molecule has 7 atom stereocenters. The van der Waals surface area contributed by atoms with Crippen LogP contribution >= 0.6 is 0 Å². The fourth-order valence-corrected chi connectivity index (χ4v) is 9.03. The summed E-state index contributed by atoms with van der Waals surface area (Å²) in [7, 11) is 0. The molecule has 1 aliphatic rings. The topological polar surface area (TPSA) is 149 Å². The van der Waals surface area contributed by atoms with E-state index in [4.69, 9.17) is 9.47 Å². The number of nitrogens with one attached hydrogen (secondary N) is 1. The monoisotopic (exact) mass is 960 g/mol. The van der Waals surface area contributed by atoms with Gasteiger partial charge in [0.15, 0.2) is 6.29 Å². The first kappa shape index (κ1) is 64.2. The van der Waals surface area contributed by atoms with Crippen LogP contribution in [0.1, 0.15) is 264 Å². The van der Waals surface area contributed by atoms with Gasteiger partial charge in [0.2, 0.25) is 5.91 Å². The van der Waals surface area contributed by atoms with Crippen molar-refractivity contribution < 1.29 is 39.8 Å². The van der Waals surface area contributed by atoms with Crippen molar-refractivity contribution in [1.29, 1.82) is 0 Å². The van der Waals surface area contributed by atoms with Crippen LogP contribution < -0.4 is 5.32 Å². The minimum atomic E-state index is -1.58. The number of aliphatic hydroxyl groups excluding tert-OH is 5. The first-order chi connectivity index (χ1) is 33.3. The molecule has 1 heterocycles. The number of carbonyl (C=O) groups excluding carboxylic acids is 1. The molecule has 9 nitrogen and oxygen atoms in total. The highest BCUT2D eigenvalue weighted by atomic mass is 16.7. The highest BCUT2D eigenvalue weighted by Crippen LogP contribution is 2.23. The van der Waals surface area contributed by atoms with Gasteiger partial charge < -0.3 is 40.3 Å². The number of hydrogen-bond donors (Lipinski definition) is 6. The van der Waals surface area contributed by atoms with Crippen molar-refractivity contribution in [3.63, 3.8) is 0 Å². The van der Waals surface area contributed by atoms with Gasteiger partial charge in [-0.25, -0.2) is 0 Å². The van der Waals surface area contributed by atoms with E-state index in [2.05, 4.69) is 55.6 Å². The summed E-state index contributed by atoms with van der Waals surface area (Å²) in [6.07, 6.45) is 57.6. The second-order valence-corrected chi connectivity index (χ2v) is 20.1. The van der Waals surface area contributed by atoms with Gasteiger partial charge in [0, 0.05) is 6.42 Å². The molecule has 0 aromatic heterocycles. The molecule has 0 spiro atoms. The fourth-order valence-electron chi connectivity index (χ4n) is 9.03. The molecule has 0 radical (unpaired) electrons. The van der Waals surface area contributed by atoms with Crippen molar-refractivity contribution in [2.75, 3.05) is 13.2 Å². The number of allylic oxidation sites excluding steroid dienone is 7. The fraction of sp³-hybridized carbons (Fsp3) is 0.847. The van der Waals surface area contributed by atoms with Crippen molar-refractivity contribution in [2.24, 2.45) is 0 Å². The van der Waals surface area contributed by atoms with Crippen LogP contribution in [0.3, 0.4) is 0 Å². The Morgan fingerprint density at radius 1 is 0.500 bits per heavy atom. The molecule has 9 heteroatoms. The van der Waals surface area contributed by atoms with Gasteiger partial charge >= 0.3 is 0 Å². The van der Waals surface area contributed by atoms with Gasteiger partial charge in [-0.1, -0.05) is 242 Å². The average Bonchev–Trinajstić information content (AvgIpc) is 3.34. The van der Waals surface area contributed by atoms with Crippen molar-refractivity contribution >= 4 is 5.91 Å². The van der Waals surface area contributed by atoms with Crippen LogP contribution in [0.2, 0.25) is 0 Å². The molecule has 0 saturated carbocycles.